The van der Waals surface area contributed by atoms with Gasteiger partial charge in [0.05, 0.1) is 0 Å². The number of likely N-dealkylation sites (N-methyl/N-ethyl adjacent to an activating group) is 1. The van der Waals surface area contributed by atoms with E-state index < -0.39 is 0 Å². The van der Waals surface area contributed by atoms with Crippen LogP contribution in [0.2, 0.25) is 0 Å². The quantitative estimate of drug-likeness (QED) is 0.902. The van der Waals surface area contributed by atoms with E-state index in [1.165, 1.54) is 12.1 Å². The number of pyridine rings is 1. The molecule has 1 aliphatic heterocycles. The van der Waals surface area contributed by atoms with Gasteiger partial charge in [-0.3, -0.25) is 9.78 Å². The summed E-state index contributed by atoms with van der Waals surface area (Å²) in [4.78, 5) is 21.1. The van der Waals surface area contributed by atoms with E-state index >= 15 is 0 Å². The predicted molar refractivity (Wildman–Crippen MR) is 96.4 cm³/mol. The lowest BCUT2D eigenvalue weighted by Gasteiger charge is -2.34. The van der Waals surface area contributed by atoms with E-state index in [0.29, 0.717) is 18.7 Å². The molecule has 0 saturated carbocycles. The molecule has 0 radical (unpaired) electrons. The van der Waals surface area contributed by atoms with Crippen LogP contribution in [-0.4, -0.2) is 55.6 Å². The second kappa shape index (κ2) is 8.07. The first-order chi connectivity index (χ1) is 12.1. The standard InChI is InChI=1S/C19H23FN4O/c1-23-10-12-24(13-11-23)17-7-9-21-18(14-17)19(25)22-8-6-15-2-4-16(20)5-3-15/h2-5,7,9,14H,6,8,10-13H2,1H3,(H,22,25). The number of rotatable bonds is 5. The highest BCUT2D eigenvalue weighted by atomic mass is 19.1. The van der Waals surface area contributed by atoms with Crippen LogP contribution in [0.5, 0.6) is 0 Å². The van der Waals surface area contributed by atoms with Crippen LogP contribution in [0.4, 0.5) is 10.1 Å². The Morgan fingerprint density at radius 3 is 2.60 bits per heavy atom. The molecule has 1 aromatic carbocycles. The smallest absolute Gasteiger partial charge is 0.269 e. The predicted octanol–water partition coefficient (Wildman–Crippen LogP) is 1.94. The Balaban J connectivity index is 1.55. The van der Waals surface area contributed by atoms with Crippen molar-refractivity contribution < 1.29 is 9.18 Å². The number of benzene rings is 1. The molecule has 2 aromatic rings. The van der Waals surface area contributed by atoms with Crippen LogP contribution < -0.4 is 10.2 Å². The third-order valence-electron chi connectivity index (χ3n) is 4.46. The summed E-state index contributed by atoms with van der Waals surface area (Å²) in [6.07, 6.45) is 2.34. The number of halogens is 1. The van der Waals surface area contributed by atoms with Crippen LogP contribution in [-0.2, 0) is 6.42 Å². The van der Waals surface area contributed by atoms with Crippen molar-refractivity contribution >= 4 is 11.6 Å². The number of hydrogen-bond acceptors (Lipinski definition) is 4. The first kappa shape index (κ1) is 17.4. The first-order valence-electron chi connectivity index (χ1n) is 8.54. The molecular weight excluding hydrogens is 319 g/mol. The Bertz CT molecular complexity index is 712. The van der Waals surface area contributed by atoms with Crippen molar-refractivity contribution in [2.45, 2.75) is 6.42 Å². The van der Waals surface area contributed by atoms with Gasteiger partial charge in [-0.25, -0.2) is 4.39 Å². The van der Waals surface area contributed by atoms with Gasteiger partial charge in [0.25, 0.3) is 5.91 Å². The number of piperazine rings is 1. The maximum Gasteiger partial charge on any atom is 0.269 e. The van der Waals surface area contributed by atoms with Crippen molar-refractivity contribution in [3.8, 4) is 0 Å². The fraction of sp³-hybridized carbons (Fsp3) is 0.368. The fourth-order valence-electron chi connectivity index (χ4n) is 2.87. The molecule has 0 unspecified atom stereocenters. The molecule has 1 aromatic heterocycles. The monoisotopic (exact) mass is 342 g/mol. The third-order valence-corrected chi connectivity index (χ3v) is 4.46. The Labute approximate surface area is 147 Å². The summed E-state index contributed by atoms with van der Waals surface area (Å²) in [5.41, 5.74) is 2.45. The number of amides is 1. The van der Waals surface area contributed by atoms with E-state index in [-0.39, 0.29) is 11.7 Å². The normalized spacial score (nSPS) is 15.2. The zero-order valence-electron chi connectivity index (χ0n) is 14.4. The average molecular weight is 342 g/mol. The number of carbonyl (C=O) groups is 1. The Hall–Kier alpha value is -2.47. The first-order valence-corrected chi connectivity index (χ1v) is 8.54. The van der Waals surface area contributed by atoms with Crippen molar-refractivity contribution in [2.75, 3.05) is 44.7 Å². The lowest BCUT2D eigenvalue weighted by atomic mass is 10.1. The van der Waals surface area contributed by atoms with Crippen molar-refractivity contribution in [1.82, 2.24) is 15.2 Å². The SMILES string of the molecule is CN1CCN(c2ccnc(C(=O)NCCc3ccc(F)cc3)c2)CC1. The topological polar surface area (TPSA) is 48.5 Å². The van der Waals surface area contributed by atoms with Gasteiger partial charge in [-0.1, -0.05) is 12.1 Å². The van der Waals surface area contributed by atoms with Crippen molar-refractivity contribution in [1.29, 1.82) is 0 Å². The van der Waals surface area contributed by atoms with Crippen molar-refractivity contribution in [3.05, 3.63) is 59.7 Å². The highest BCUT2D eigenvalue weighted by Gasteiger charge is 2.16. The maximum absolute atomic E-state index is 12.9. The number of hydrogen-bond donors (Lipinski definition) is 1. The molecule has 25 heavy (non-hydrogen) atoms. The molecule has 1 fully saturated rings. The lowest BCUT2D eigenvalue weighted by molar-refractivity contribution is 0.0949. The molecular formula is C19H23FN4O. The van der Waals surface area contributed by atoms with Gasteiger partial charge in [-0.05, 0) is 43.3 Å². The van der Waals surface area contributed by atoms with Gasteiger partial charge < -0.3 is 15.1 Å². The second-order valence-electron chi connectivity index (χ2n) is 6.32. The summed E-state index contributed by atoms with van der Waals surface area (Å²) in [5.74, 6) is -0.434. The summed E-state index contributed by atoms with van der Waals surface area (Å²) in [6, 6.07) is 10.1. The van der Waals surface area contributed by atoms with Gasteiger partial charge in [0, 0.05) is 44.6 Å². The largest absolute Gasteiger partial charge is 0.369 e. The highest BCUT2D eigenvalue weighted by molar-refractivity contribution is 5.93. The lowest BCUT2D eigenvalue weighted by Crippen LogP contribution is -2.44. The molecule has 1 saturated heterocycles. The summed E-state index contributed by atoms with van der Waals surface area (Å²) in [5, 5.41) is 2.88. The highest BCUT2D eigenvalue weighted by Crippen LogP contribution is 2.16. The molecule has 3 rings (SSSR count). The van der Waals surface area contributed by atoms with Gasteiger partial charge >= 0.3 is 0 Å². The van der Waals surface area contributed by atoms with Crippen LogP contribution in [0.3, 0.4) is 0 Å². The molecule has 2 heterocycles. The molecule has 0 spiro atoms. The van der Waals surface area contributed by atoms with Gasteiger partial charge in [0.15, 0.2) is 0 Å². The maximum atomic E-state index is 12.9. The molecule has 0 bridgehead atoms. The molecule has 6 heteroatoms. The zero-order valence-corrected chi connectivity index (χ0v) is 14.4. The van der Waals surface area contributed by atoms with Crippen LogP contribution in [0.15, 0.2) is 42.6 Å². The number of nitrogens with one attached hydrogen (secondary N) is 1. The Morgan fingerprint density at radius 2 is 1.88 bits per heavy atom. The summed E-state index contributed by atoms with van der Waals surface area (Å²) >= 11 is 0. The van der Waals surface area contributed by atoms with E-state index in [9.17, 15) is 9.18 Å². The Kier molecular flexibility index (Phi) is 5.60. The molecule has 1 aliphatic rings. The average Bonchev–Trinajstić information content (AvgIpc) is 2.64. The van der Waals surface area contributed by atoms with Gasteiger partial charge in [0.2, 0.25) is 0 Å². The van der Waals surface area contributed by atoms with Crippen LogP contribution in [0.25, 0.3) is 0 Å². The summed E-state index contributed by atoms with van der Waals surface area (Å²) in [7, 11) is 2.11. The minimum absolute atomic E-state index is 0.182. The molecule has 5 nitrogen and oxygen atoms in total. The van der Waals surface area contributed by atoms with Crippen LogP contribution in [0, 0.1) is 5.82 Å². The van der Waals surface area contributed by atoms with E-state index in [1.807, 2.05) is 12.1 Å². The minimum Gasteiger partial charge on any atom is -0.369 e. The number of anilines is 1. The minimum atomic E-state index is -0.252. The van der Waals surface area contributed by atoms with Crippen LogP contribution >= 0.6 is 0 Å². The second-order valence-corrected chi connectivity index (χ2v) is 6.32. The van der Waals surface area contributed by atoms with E-state index in [0.717, 1.165) is 37.4 Å². The number of carbonyl (C=O) groups excluding carboxylic acids is 1. The molecule has 132 valence electrons. The molecule has 1 amide bonds. The summed E-state index contributed by atoms with van der Waals surface area (Å²) < 4.78 is 12.9. The van der Waals surface area contributed by atoms with E-state index in [2.05, 4.69) is 27.1 Å². The molecule has 1 N–H and O–H groups in total. The molecule has 0 aliphatic carbocycles. The third kappa shape index (κ3) is 4.76. The van der Waals surface area contributed by atoms with Gasteiger partial charge in [-0.2, -0.15) is 0 Å². The zero-order chi connectivity index (χ0) is 17.6. The Morgan fingerprint density at radius 1 is 1.16 bits per heavy atom. The fourth-order valence-corrected chi connectivity index (χ4v) is 2.87. The van der Waals surface area contributed by atoms with E-state index in [4.69, 9.17) is 0 Å². The molecule has 0 atom stereocenters. The van der Waals surface area contributed by atoms with E-state index in [1.54, 1.807) is 18.3 Å². The number of aromatic nitrogens is 1. The van der Waals surface area contributed by atoms with Crippen molar-refractivity contribution in [3.63, 3.8) is 0 Å². The van der Waals surface area contributed by atoms with Gasteiger partial charge in [-0.15, -0.1) is 0 Å². The van der Waals surface area contributed by atoms with Crippen LogP contribution in [0.1, 0.15) is 16.1 Å². The summed E-state index contributed by atoms with van der Waals surface area (Å²) in [6.45, 7) is 4.42. The van der Waals surface area contributed by atoms with Crippen molar-refractivity contribution in [2.24, 2.45) is 0 Å². The van der Waals surface area contributed by atoms with Gasteiger partial charge in [0.1, 0.15) is 11.5 Å². The number of nitrogens with zero attached hydrogens (tertiary/aromatic N) is 3.